The molecule has 0 aliphatic heterocycles. The van der Waals surface area contributed by atoms with Gasteiger partial charge in [-0.3, -0.25) is 4.79 Å². The number of rotatable bonds is 4. The van der Waals surface area contributed by atoms with Gasteiger partial charge in [0.2, 0.25) is 0 Å². The molecular weight excluding hydrogens is 345 g/mol. The molecule has 0 aliphatic carbocycles. The number of aryl methyl sites for hydroxylation is 1. The van der Waals surface area contributed by atoms with Crippen molar-refractivity contribution in [3.05, 3.63) is 63.6 Å². The number of nitrogens with one attached hydrogen (secondary N) is 1. The van der Waals surface area contributed by atoms with Crippen molar-refractivity contribution in [2.45, 2.75) is 18.2 Å². The lowest BCUT2D eigenvalue weighted by molar-refractivity contribution is 0.0981. The molecule has 0 spiro atoms. The van der Waals surface area contributed by atoms with E-state index in [1.165, 1.54) is 30.3 Å². The van der Waals surface area contributed by atoms with Crippen LogP contribution in [0.15, 0.2) is 47.4 Å². The second-order valence-corrected chi connectivity index (χ2v) is 7.08. The van der Waals surface area contributed by atoms with Gasteiger partial charge in [0.05, 0.1) is 15.5 Å². The highest BCUT2D eigenvalue weighted by Crippen LogP contribution is 2.21. The minimum atomic E-state index is -3.95. The molecule has 1 N–H and O–H groups in total. The summed E-state index contributed by atoms with van der Waals surface area (Å²) in [6, 6.07) is 10.5. The molecule has 22 heavy (non-hydrogen) atoms. The standard InChI is InChI=1S/C15H13Cl2NO3S/c1-2-10-3-6-12(7-4-10)22(20,21)18-15(19)13-8-5-11(16)9-14(13)17/h3-9H,2H2,1H3,(H,18,19). The third-order valence-corrected chi connectivity index (χ3v) is 4.94. The normalized spacial score (nSPS) is 11.2. The Morgan fingerprint density at radius 2 is 1.73 bits per heavy atom. The van der Waals surface area contributed by atoms with E-state index in [0.717, 1.165) is 12.0 Å². The molecule has 2 aromatic rings. The van der Waals surface area contributed by atoms with Crippen molar-refractivity contribution in [3.8, 4) is 0 Å². The fourth-order valence-corrected chi connectivity index (χ4v) is 3.27. The van der Waals surface area contributed by atoms with Crippen molar-refractivity contribution in [2.24, 2.45) is 0 Å². The largest absolute Gasteiger partial charge is 0.268 e. The van der Waals surface area contributed by atoms with E-state index in [1.54, 1.807) is 12.1 Å². The summed E-state index contributed by atoms with van der Waals surface area (Å²) in [6.07, 6.45) is 0.799. The summed E-state index contributed by atoms with van der Waals surface area (Å²) in [5.41, 5.74) is 1.05. The van der Waals surface area contributed by atoms with Gasteiger partial charge in [-0.1, -0.05) is 42.3 Å². The smallest absolute Gasteiger partial charge is 0.266 e. The van der Waals surface area contributed by atoms with Gasteiger partial charge in [-0.2, -0.15) is 0 Å². The highest BCUT2D eigenvalue weighted by atomic mass is 35.5. The van der Waals surface area contributed by atoms with Crippen LogP contribution in [0.2, 0.25) is 10.0 Å². The lowest BCUT2D eigenvalue weighted by Crippen LogP contribution is -2.30. The van der Waals surface area contributed by atoms with Crippen LogP contribution in [-0.4, -0.2) is 14.3 Å². The van der Waals surface area contributed by atoms with Gasteiger partial charge in [-0.25, -0.2) is 13.1 Å². The Balaban J connectivity index is 2.25. The molecule has 0 saturated carbocycles. The second kappa shape index (κ2) is 6.69. The van der Waals surface area contributed by atoms with Crippen LogP contribution < -0.4 is 4.72 Å². The van der Waals surface area contributed by atoms with Crippen LogP contribution in [0.4, 0.5) is 0 Å². The minimum absolute atomic E-state index is 0.0168. The predicted molar refractivity (Wildman–Crippen MR) is 86.9 cm³/mol. The van der Waals surface area contributed by atoms with Crippen LogP contribution in [0.25, 0.3) is 0 Å². The first-order valence-electron chi connectivity index (χ1n) is 6.44. The maximum absolute atomic E-state index is 12.2. The molecule has 2 aromatic carbocycles. The van der Waals surface area contributed by atoms with Gasteiger partial charge < -0.3 is 0 Å². The zero-order valence-corrected chi connectivity index (χ0v) is 14.0. The summed E-state index contributed by atoms with van der Waals surface area (Å²) < 4.78 is 26.4. The average molecular weight is 358 g/mol. The monoisotopic (exact) mass is 357 g/mol. The van der Waals surface area contributed by atoms with Crippen molar-refractivity contribution in [1.82, 2.24) is 4.72 Å². The van der Waals surface area contributed by atoms with Crippen LogP contribution in [-0.2, 0) is 16.4 Å². The predicted octanol–water partition coefficient (Wildman–Crippen LogP) is 3.67. The summed E-state index contributed by atoms with van der Waals surface area (Å²) in [7, 11) is -3.95. The molecule has 0 radical (unpaired) electrons. The first-order chi connectivity index (χ1) is 10.3. The quantitative estimate of drug-likeness (QED) is 0.907. The molecule has 7 heteroatoms. The highest BCUT2D eigenvalue weighted by Gasteiger charge is 2.20. The van der Waals surface area contributed by atoms with Crippen LogP contribution in [0.1, 0.15) is 22.8 Å². The molecule has 0 aromatic heterocycles. The Morgan fingerprint density at radius 1 is 1.09 bits per heavy atom. The molecule has 116 valence electrons. The molecule has 0 heterocycles. The second-order valence-electron chi connectivity index (χ2n) is 4.56. The van der Waals surface area contributed by atoms with E-state index in [9.17, 15) is 13.2 Å². The molecular formula is C15H13Cl2NO3S. The SMILES string of the molecule is CCc1ccc(S(=O)(=O)NC(=O)c2ccc(Cl)cc2Cl)cc1. The van der Waals surface area contributed by atoms with Crippen LogP contribution >= 0.6 is 23.2 Å². The summed E-state index contributed by atoms with van der Waals surface area (Å²) in [5.74, 6) is -0.804. The van der Waals surface area contributed by atoms with E-state index in [-0.39, 0.29) is 15.5 Å². The summed E-state index contributed by atoms with van der Waals surface area (Å²) in [6.45, 7) is 1.97. The topological polar surface area (TPSA) is 63.2 Å². The number of carbonyl (C=O) groups excluding carboxylic acids is 1. The number of halogens is 2. The third-order valence-electron chi connectivity index (χ3n) is 3.04. The van der Waals surface area contributed by atoms with E-state index in [0.29, 0.717) is 5.02 Å². The van der Waals surface area contributed by atoms with Gasteiger partial charge in [0, 0.05) is 5.02 Å². The van der Waals surface area contributed by atoms with Crippen molar-refractivity contribution >= 4 is 39.1 Å². The van der Waals surface area contributed by atoms with E-state index in [2.05, 4.69) is 0 Å². The van der Waals surface area contributed by atoms with Gasteiger partial charge in [-0.15, -0.1) is 0 Å². The van der Waals surface area contributed by atoms with E-state index >= 15 is 0 Å². The van der Waals surface area contributed by atoms with Gasteiger partial charge in [0.1, 0.15) is 0 Å². The highest BCUT2D eigenvalue weighted by molar-refractivity contribution is 7.90. The number of hydrogen-bond acceptors (Lipinski definition) is 3. The number of hydrogen-bond donors (Lipinski definition) is 1. The fraction of sp³-hybridized carbons (Fsp3) is 0.133. The minimum Gasteiger partial charge on any atom is -0.268 e. The number of benzene rings is 2. The van der Waals surface area contributed by atoms with Crippen molar-refractivity contribution < 1.29 is 13.2 Å². The number of carbonyl (C=O) groups is 1. The fourth-order valence-electron chi connectivity index (χ4n) is 1.81. The molecule has 0 saturated heterocycles. The van der Waals surface area contributed by atoms with E-state index < -0.39 is 15.9 Å². The lowest BCUT2D eigenvalue weighted by atomic mass is 10.2. The molecule has 0 bridgehead atoms. The van der Waals surface area contributed by atoms with Crippen LogP contribution in [0, 0.1) is 0 Å². The molecule has 0 aliphatic rings. The Bertz CT molecular complexity index is 802. The van der Waals surface area contributed by atoms with Gasteiger partial charge >= 0.3 is 0 Å². The maximum atomic E-state index is 12.2. The third kappa shape index (κ3) is 3.80. The van der Waals surface area contributed by atoms with E-state index in [1.807, 2.05) is 11.6 Å². The zero-order chi connectivity index (χ0) is 16.3. The Morgan fingerprint density at radius 3 is 2.27 bits per heavy atom. The molecule has 1 amide bonds. The zero-order valence-electron chi connectivity index (χ0n) is 11.6. The molecule has 0 atom stereocenters. The molecule has 0 fully saturated rings. The first-order valence-corrected chi connectivity index (χ1v) is 8.68. The molecule has 4 nitrogen and oxygen atoms in total. The van der Waals surface area contributed by atoms with Crippen molar-refractivity contribution in [3.63, 3.8) is 0 Å². The van der Waals surface area contributed by atoms with Gasteiger partial charge in [0.15, 0.2) is 0 Å². The van der Waals surface area contributed by atoms with Crippen molar-refractivity contribution in [1.29, 1.82) is 0 Å². The average Bonchev–Trinajstić information content (AvgIpc) is 2.46. The van der Waals surface area contributed by atoms with Crippen LogP contribution in [0.3, 0.4) is 0 Å². The molecule has 2 rings (SSSR count). The Kier molecular flexibility index (Phi) is 5.11. The summed E-state index contributed by atoms with van der Waals surface area (Å²) in [5, 5.41) is 0.445. The van der Waals surface area contributed by atoms with E-state index in [4.69, 9.17) is 23.2 Å². The Hall–Kier alpha value is -1.56. The Labute approximate surface area is 139 Å². The first kappa shape index (κ1) is 16.8. The summed E-state index contributed by atoms with van der Waals surface area (Å²) in [4.78, 5) is 12.1. The molecule has 0 unspecified atom stereocenters. The van der Waals surface area contributed by atoms with Gasteiger partial charge in [0.25, 0.3) is 15.9 Å². The number of sulfonamides is 1. The van der Waals surface area contributed by atoms with Gasteiger partial charge in [-0.05, 0) is 42.3 Å². The summed E-state index contributed by atoms with van der Waals surface area (Å²) >= 11 is 11.6. The van der Waals surface area contributed by atoms with Crippen molar-refractivity contribution in [2.75, 3.05) is 0 Å². The van der Waals surface area contributed by atoms with Crippen LogP contribution in [0.5, 0.6) is 0 Å². The lowest BCUT2D eigenvalue weighted by Gasteiger charge is -2.09. The maximum Gasteiger partial charge on any atom is 0.266 e. The number of amides is 1.